The van der Waals surface area contributed by atoms with Gasteiger partial charge >= 0.3 is 6.85 Å². The molecule has 0 aliphatic carbocycles. The first kappa shape index (κ1) is 41.2. The standard InChI is InChI=1S/C56H45BN5O.Pt/c1-38-19-23-40(24-20-38)48-36-57-30-10-11-32-61(57)54(41-25-21-39(2)22-26-41)55(48)60-37-59(50-17-8-9-18-51(50)60)43-13-12-14-44(34-43)63-45-27-28-47-46-15-6-7-16-49(46)62(52(47)35-45)53-33-42(29-31-58-53)56(3,4)5;/h6-33,36-37H,1-5H3;/q-3;. The smallest absolute Gasteiger partial charge is 0.313 e. The zero-order chi connectivity index (χ0) is 42.8. The van der Waals surface area contributed by atoms with Gasteiger partial charge in [-0.25, -0.2) is 4.98 Å². The monoisotopic (exact) mass is 1010 g/mol. The van der Waals surface area contributed by atoms with E-state index in [1.54, 1.807) is 0 Å². The molecule has 6 aromatic carbocycles. The predicted molar refractivity (Wildman–Crippen MR) is 260 cm³/mol. The Hall–Kier alpha value is -6.82. The summed E-state index contributed by atoms with van der Waals surface area (Å²) in [6.45, 7) is 13.2. The van der Waals surface area contributed by atoms with Gasteiger partial charge in [0.2, 0.25) is 0 Å². The number of ether oxygens (including phenoxy) is 1. The number of anilines is 3. The van der Waals surface area contributed by atoms with Crippen LogP contribution >= 0.6 is 0 Å². The van der Waals surface area contributed by atoms with Crippen LogP contribution in [0.25, 0.3) is 38.9 Å². The number of hydrogen-bond donors (Lipinski definition) is 0. The van der Waals surface area contributed by atoms with E-state index in [1.807, 2.05) is 24.4 Å². The summed E-state index contributed by atoms with van der Waals surface area (Å²) in [4.78, 5) is 11.8. The maximum atomic E-state index is 6.67. The van der Waals surface area contributed by atoms with E-state index in [4.69, 9.17) is 9.72 Å². The molecule has 6 nitrogen and oxygen atoms in total. The van der Waals surface area contributed by atoms with Gasteiger partial charge in [-0.2, -0.15) is 12.1 Å². The van der Waals surface area contributed by atoms with Gasteiger partial charge in [0, 0.05) is 61.3 Å². The molecule has 0 fully saturated rings. The van der Waals surface area contributed by atoms with Crippen molar-refractivity contribution in [2.45, 2.75) is 40.0 Å². The fraction of sp³-hybridized carbons (Fsp3) is 0.107. The molecule has 0 spiro atoms. The van der Waals surface area contributed by atoms with E-state index in [0.717, 1.165) is 61.6 Å². The molecular weight excluding hydrogens is 965 g/mol. The van der Waals surface area contributed by atoms with Crippen LogP contribution in [-0.4, -0.2) is 21.2 Å². The van der Waals surface area contributed by atoms with Gasteiger partial charge in [0.25, 0.3) is 0 Å². The molecule has 0 atom stereocenters. The van der Waals surface area contributed by atoms with E-state index in [-0.39, 0.29) is 33.3 Å². The maximum absolute atomic E-state index is 6.67. The molecular formula is C56H45BN5OPt-3. The summed E-state index contributed by atoms with van der Waals surface area (Å²) in [6, 6.07) is 56.6. The number of fused-ring (bicyclic) bond motifs is 5. The molecule has 64 heavy (non-hydrogen) atoms. The molecule has 3 aliphatic rings. The van der Waals surface area contributed by atoms with Crippen LogP contribution in [0.15, 0.2) is 182 Å². The first-order valence-electron chi connectivity index (χ1n) is 21.6. The van der Waals surface area contributed by atoms with Crippen LogP contribution in [0.1, 0.15) is 48.6 Å². The summed E-state index contributed by atoms with van der Waals surface area (Å²) in [5.41, 5.74) is 14.3. The van der Waals surface area contributed by atoms with Crippen LogP contribution < -0.4 is 14.5 Å². The Labute approximate surface area is 390 Å². The fourth-order valence-corrected chi connectivity index (χ4v) is 8.99. The van der Waals surface area contributed by atoms with Gasteiger partial charge in [-0.05, 0) is 89.5 Å². The van der Waals surface area contributed by atoms with Crippen molar-refractivity contribution in [2.24, 2.45) is 0 Å². The van der Waals surface area contributed by atoms with Gasteiger partial charge in [0.05, 0.1) is 5.70 Å². The molecule has 2 aromatic heterocycles. The number of aromatic nitrogens is 2. The average Bonchev–Trinajstić information content (AvgIpc) is 3.85. The second-order valence-electron chi connectivity index (χ2n) is 17.6. The summed E-state index contributed by atoms with van der Waals surface area (Å²) < 4.78 is 8.87. The summed E-state index contributed by atoms with van der Waals surface area (Å²) >= 11 is 0. The van der Waals surface area contributed by atoms with E-state index in [0.29, 0.717) is 11.5 Å². The second-order valence-corrected chi connectivity index (χ2v) is 17.6. The predicted octanol–water partition coefficient (Wildman–Crippen LogP) is 13.5. The molecule has 0 amide bonds. The number of para-hydroxylation sites is 3. The molecule has 0 saturated carbocycles. The molecule has 11 rings (SSSR count). The number of benzene rings is 6. The Bertz CT molecular complexity index is 3210. The zero-order valence-electron chi connectivity index (χ0n) is 36.4. The normalized spacial score (nSPS) is 14.5. The van der Waals surface area contributed by atoms with E-state index in [9.17, 15) is 0 Å². The molecule has 3 aliphatic heterocycles. The molecule has 316 valence electrons. The van der Waals surface area contributed by atoms with Crippen LogP contribution in [0.5, 0.6) is 11.5 Å². The van der Waals surface area contributed by atoms with Gasteiger partial charge in [0.1, 0.15) is 5.82 Å². The molecule has 0 unspecified atom stereocenters. The van der Waals surface area contributed by atoms with E-state index in [1.165, 1.54) is 27.8 Å². The Morgan fingerprint density at radius 1 is 0.656 bits per heavy atom. The van der Waals surface area contributed by atoms with Crippen LogP contribution in [0, 0.1) is 32.6 Å². The fourth-order valence-electron chi connectivity index (χ4n) is 8.99. The average molecular weight is 1010 g/mol. The Morgan fingerprint density at radius 2 is 1.36 bits per heavy atom. The van der Waals surface area contributed by atoms with Crippen molar-refractivity contribution in [3.63, 3.8) is 0 Å². The van der Waals surface area contributed by atoms with E-state index in [2.05, 4.69) is 224 Å². The van der Waals surface area contributed by atoms with Gasteiger partial charge < -0.3 is 23.9 Å². The number of hydrogen-bond acceptors (Lipinski definition) is 5. The van der Waals surface area contributed by atoms with Gasteiger partial charge in [0.15, 0.2) is 0 Å². The summed E-state index contributed by atoms with van der Waals surface area (Å²) in [7, 11) is 0. The number of pyridine rings is 1. The number of aryl methyl sites for hydroxylation is 2. The van der Waals surface area contributed by atoms with Crippen molar-refractivity contribution in [1.29, 1.82) is 0 Å². The largest absolute Gasteiger partial charge is 0.509 e. The third kappa shape index (κ3) is 7.28. The minimum Gasteiger partial charge on any atom is -0.509 e. The first-order valence-corrected chi connectivity index (χ1v) is 21.6. The van der Waals surface area contributed by atoms with Crippen LogP contribution in [0.3, 0.4) is 0 Å². The summed E-state index contributed by atoms with van der Waals surface area (Å²) in [6.07, 6.45) is 8.37. The SMILES string of the molecule is Cc1ccc(C2=CB3C=CC=CN3C(c3ccc(C)cc3)=C2N2[CH-]N(c3[c-]c(Oc4[c-]c5c(cc4)c4ccccc4n5-c4cc(C(C)(C)C)ccn4)ccc3)c3ccccc32)cc1.[Pt]. The van der Waals surface area contributed by atoms with Gasteiger partial charge in [-0.1, -0.05) is 134 Å². The number of nitrogens with zero attached hydrogens (tertiary/aromatic N) is 5. The Balaban J connectivity index is 0.00000484. The van der Waals surface area contributed by atoms with Gasteiger partial charge in [-0.3, -0.25) is 0 Å². The molecule has 0 radical (unpaired) electrons. The Morgan fingerprint density at radius 3 is 2.12 bits per heavy atom. The topological polar surface area (TPSA) is 36.8 Å². The van der Waals surface area contributed by atoms with Crippen molar-refractivity contribution in [3.05, 3.63) is 228 Å². The van der Waals surface area contributed by atoms with Crippen molar-refractivity contribution in [3.8, 4) is 17.3 Å². The maximum Gasteiger partial charge on any atom is 0.313 e. The van der Waals surface area contributed by atoms with E-state index < -0.39 is 0 Å². The first-order chi connectivity index (χ1) is 30.7. The minimum atomic E-state index is -0.0261. The van der Waals surface area contributed by atoms with Crippen molar-refractivity contribution >= 4 is 57.0 Å². The van der Waals surface area contributed by atoms with Gasteiger partial charge in [-0.15, -0.1) is 48.1 Å². The molecule has 0 bridgehead atoms. The summed E-state index contributed by atoms with van der Waals surface area (Å²) in [5, 5.41) is 2.23. The third-order valence-electron chi connectivity index (χ3n) is 12.3. The van der Waals surface area contributed by atoms with E-state index >= 15 is 0 Å². The van der Waals surface area contributed by atoms with Crippen LogP contribution in [0.2, 0.25) is 0 Å². The number of rotatable bonds is 7. The Kier molecular flexibility index (Phi) is 10.6. The van der Waals surface area contributed by atoms with Crippen molar-refractivity contribution in [1.82, 2.24) is 14.4 Å². The van der Waals surface area contributed by atoms with Crippen LogP contribution in [-0.2, 0) is 26.5 Å². The minimum absolute atomic E-state index is 0. The molecule has 8 heteroatoms. The van der Waals surface area contributed by atoms with Crippen molar-refractivity contribution in [2.75, 3.05) is 9.80 Å². The molecule has 0 saturated heterocycles. The third-order valence-corrected chi connectivity index (χ3v) is 12.3. The molecule has 0 N–H and O–H groups in total. The molecule has 5 heterocycles. The quantitative estimate of drug-likeness (QED) is 0.117. The zero-order valence-corrected chi connectivity index (χ0v) is 38.6. The summed E-state index contributed by atoms with van der Waals surface area (Å²) in [5.74, 6) is 6.70. The second kappa shape index (κ2) is 16.4. The molecule has 8 aromatic rings. The van der Waals surface area contributed by atoms with Crippen LogP contribution in [0.4, 0.5) is 17.1 Å². The van der Waals surface area contributed by atoms with Crippen molar-refractivity contribution < 1.29 is 25.8 Å². The number of allylic oxidation sites excluding steroid dienone is 3.